The highest BCUT2D eigenvalue weighted by molar-refractivity contribution is 5.74. The number of benzene rings is 2. The van der Waals surface area contributed by atoms with Gasteiger partial charge < -0.3 is 15.7 Å². The number of nitrogens with one attached hydrogen (secondary N) is 2. The summed E-state index contributed by atoms with van der Waals surface area (Å²) in [5, 5.41) is 23.9. The second-order valence-corrected chi connectivity index (χ2v) is 6.23. The first-order chi connectivity index (χ1) is 12.7. The molecule has 0 aliphatic heterocycles. The Hall–Kier alpha value is -3.19. The van der Waals surface area contributed by atoms with Crippen molar-refractivity contribution in [1.82, 2.24) is 25.4 Å². The lowest BCUT2D eigenvalue weighted by Crippen LogP contribution is -2.40. The number of carbonyl (C=O) groups is 1. The van der Waals surface area contributed by atoms with Crippen LogP contribution in [0.25, 0.3) is 5.69 Å². The van der Waals surface area contributed by atoms with Gasteiger partial charge in [0.05, 0.1) is 18.7 Å². The Bertz CT molecular complexity index is 909. The predicted molar refractivity (Wildman–Crippen MR) is 95.6 cm³/mol. The van der Waals surface area contributed by atoms with E-state index in [9.17, 15) is 9.90 Å². The average Bonchev–Trinajstić information content (AvgIpc) is 3.25. The standard InChI is InChI=1S/C19H19N5O2/c25-16-10-13-6-4-5-9-15(13)18(16)22-19(26)20-11-17-23-21-12-24(17)14-7-2-1-3-8-14/h1-9,12,16,18,25H,10-11H2,(H2,20,22,26)/t16-,18-/m1/s1. The molecular formula is C19H19N5O2. The lowest BCUT2D eigenvalue weighted by Gasteiger charge is -2.18. The largest absolute Gasteiger partial charge is 0.390 e. The molecule has 1 aliphatic rings. The topological polar surface area (TPSA) is 92.1 Å². The summed E-state index contributed by atoms with van der Waals surface area (Å²) in [6, 6.07) is 16.7. The molecule has 0 radical (unpaired) electrons. The maximum atomic E-state index is 12.3. The van der Waals surface area contributed by atoms with Crippen molar-refractivity contribution in [1.29, 1.82) is 0 Å². The number of aliphatic hydroxyl groups is 1. The number of aliphatic hydroxyl groups excluding tert-OH is 1. The number of carbonyl (C=O) groups excluding carboxylic acids is 1. The molecule has 0 saturated heterocycles. The lowest BCUT2D eigenvalue weighted by atomic mass is 10.1. The molecule has 4 rings (SSSR count). The van der Waals surface area contributed by atoms with Crippen molar-refractivity contribution in [3.8, 4) is 5.69 Å². The Kier molecular flexibility index (Phi) is 4.37. The minimum absolute atomic E-state index is 0.227. The highest BCUT2D eigenvalue weighted by Crippen LogP contribution is 2.31. The van der Waals surface area contributed by atoms with E-state index in [0.29, 0.717) is 12.2 Å². The maximum absolute atomic E-state index is 12.3. The molecule has 0 spiro atoms. The van der Waals surface area contributed by atoms with Gasteiger partial charge in [0.15, 0.2) is 5.82 Å². The maximum Gasteiger partial charge on any atom is 0.315 e. The normalized spacial score (nSPS) is 18.3. The molecule has 1 aliphatic carbocycles. The zero-order valence-electron chi connectivity index (χ0n) is 14.0. The molecule has 7 heteroatoms. The molecule has 2 aromatic carbocycles. The number of nitrogens with zero attached hydrogens (tertiary/aromatic N) is 3. The molecule has 132 valence electrons. The highest BCUT2D eigenvalue weighted by atomic mass is 16.3. The van der Waals surface area contributed by atoms with E-state index < -0.39 is 12.1 Å². The Morgan fingerprint density at radius 3 is 2.77 bits per heavy atom. The molecule has 3 aromatic rings. The Morgan fingerprint density at radius 1 is 1.15 bits per heavy atom. The molecular weight excluding hydrogens is 330 g/mol. The van der Waals surface area contributed by atoms with E-state index in [1.165, 1.54) is 0 Å². The second kappa shape index (κ2) is 6.97. The summed E-state index contributed by atoms with van der Waals surface area (Å²) < 4.78 is 1.82. The summed E-state index contributed by atoms with van der Waals surface area (Å²) in [6.07, 6.45) is 1.54. The van der Waals surface area contributed by atoms with Gasteiger partial charge in [-0.3, -0.25) is 4.57 Å². The quantitative estimate of drug-likeness (QED) is 0.669. The van der Waals surface area contributed by atoms with Crippen LogP contribution in [-0.4, -0.2) is 32.0 Å². The zero-order chi connectivity index (χ0) is 17.9. The summed E-state index contributed by atoms with van der Waals surface area (Å²) in [5.74, 6) is 0.624. The van der Waals surface area contributed by atoms with Gasteiger partial charge in [0, 0.05) is 12.1 Å². The third-order valence-corrected chi connectivity index (χ3v) is 4.55. The number of para-hydroxylation sites is 1. The van der Waals surface area contributed by atoms with Gasteiger partial charge in [-0.25, -0.2) is 4.79 Å². The number of hydrogen-bond donors (Lipinski definition) is 3. The van der Waals surface area contributed by atoms with Crippen molar-refractivity contribution < 1.29 is 9.90 Å². The highest BCUT2D eigenvalue weighted by Gasteiger charge is 2.31. The summed E-state index contributed by atoms with van der Waals surface area (Å²) in [4.78, 5) is 12.3. The minimum atomic E-state index is -0.619. The summed E-state index contributed by atoms with van der Waals surface area (Å²) in [5.41, 5.74) is 2.95. The van der Waals surface area contributed by atoms with Crippen LogP contribution in [-0.2, 0) is 13.0 Å². The van der Waals surface area contributed by atoms with Crippen molar-refractivity contribution in [2.24, 2.45) is 0 Å². The Morgan fingerprint density at radius 2 is 1.92 bits per heavy atom. The summed E-state index contributed by atoms with van der Waals surface area (Å²) >= 11 is 0. The fourth-order valence-electron chi connectivity index (χ4n) is 3.28. The van der Waals surface area contributed by atoms with Crippen LogP contribution in [0.15, 0.2) is 60.9 Å². The van der Waals surface area contributed by atoms with Crippen LogP contribution < -0.4 is 10.6 Å². The molecule has 1 aromatic heterocycles. The van der Waals surface area contributed by atoms with E-state index in [0.717, 1.165) is 16.8 Å². The van der Waals surface area contributed by atoms with Crippen molar-refractivity contribution in [2.75, 3.05) is 0 Å². The first-order valence-electron chi connectivity index (χ1n) is 8.47. The summed E-state index contributed by atoms with van der Waals surface area (Å²) in [6.45, 7) is 0.227. The molecule has 2 amide bonds. The molecule has 0 unspecified atom stereocenters. The van der Waals surface area contributed by atoms with Gasteiger partial charge >= 0.3 is 6.03 Å². The van der Waals surface area contributed by atoms with Crippen LogP contribution in [0.4, 0.5) is 4.79 Å². The van der Waals surface area contributed by atoms with E-state index in [4.69, 9.17) is 0 Å². The molecule has 0 fully saturated rings. The van der Waals surface area contributed by atoms with Crippen molar-refractivity contribution in [3.63, 3.8) is 0 Å². The van der Waals surface area contributed by atoms with E-state index in [1.807, 2.05) is 59.2 Å². The van der Waals surface area contributed by atoms with Gasteiger partial charge in [0.1, 0.15) is 6.33 Å². The number of amides is 2. The van der Waals surface area contributed by atoms with Gasteiger partial charge in [-0.05, 0) is 23.3 Å². The smallest absolute Gasteiger partial charge is 0.315 e. The monoisotopic (exact) mass is 349 g/mol. The van der Waals surface area contributed by atoms with E-state index in [2.05, 4.69) is 20.8 Å². The van der Waals surface area contributed by atoms with Crippen LogP contribution in [0, 0.1) is 0 Å². The second-order valence-electron chi connectivity index (χ2n) is 6.23. The molecule has 26 heavy (non-hydrogen) atoms. The molecule has 3 N–H and O–H groups in total. The van der Waals surface area contributed by atoms with Crippen LogP contribution in [0.5, 0.6) is 0 Å². The van der Waals surface area contributed by atoms with Crippen LogP contribution >= 0.6 is 0 Å². The predicted octanol–water partition coefficient (Wildman–Crippen LogP) is 1.72. The third kappa shape index (κ3) is 3.16. The third-order valence-electron chi connectivity index (χ3n) is 4.55. The van der Waals surface area contributed by atoms with Crippen molar-refractivity contribution >= 4 is 6.03 Å². The minimum Gasteiger partial charge on any atom is -0.390 e. The summed E-state index contributed by atoms with van der Waals surface area (Å²) in [7, 11) is 0. The number of aromatic nitrogens is 3. The first-order valence-corrected chi connectivity index (χ1v) is 8.47. The van der Waals surface area contributed by atoms with Crippen molar-refractivity contribution in [3.05, 3.63) is 77.9 Å². The molecule has 0 bridgehead atoms. The van der Waals surface area contributed by atoms with Gasteiger partial charge in [0.2, 0.25) is 0 Å². The van der Waals surface area contributed by atoms with Gasteiger partial charge in [-0.1, -0.05) is 42.5 Å². The fraction of sp³-hybridized carbons (Fsp3) is 0.211. The van der Waals surface area contributed by atoms with Crippen LogP contribution in [0.3, 0.4) is 0 Å². The van der Waals surface area contributed by atoms with Crippen LogP contribution in [0.2, 0.25) is 0 Å². The first kappa shape index (κ1) is 16.3. The van der Waals surface area contributed by atoms with Crippen LogP contribution in [0.1, 0.15) is 23.0 Å². The van der Waals surface area contributed by atoms with Crippen molar-refractivity contribution in [2.45, 2.75) is 25.1 Å². The number of rotatable bonds is 4. The molecule has 2 atom stereocenters. The Labute approximate surface area is 150 Å². The molecule has 1 heterocycles. The number of hydrogen-bond acceptors (Lipinski definition) is 4. The van der Waals surface area contributed by atoms with Gasteiger partial charge in [-0.2, -0.15) is 0 Å². The number of urea groups is 1. The molecule has 7 nitrogen and oxygen atoms in total. The Balaban J connectivity index is 1.41. The van der Waals surface area contributed by atoms with E-state index in [1.54, 1.807) is 6.33 Å². The lowest BCUT2D eigenvalue weighted by molar-refractivity contribution is 0.142. The SMILES string of the molecule is O=C(NCc1nncn1-c1ccccc1)N[C@@H]1c2ccccc2C[C@H]1O. The van der Waals surface area contributed by atoms with E-state index in [-0.39, 0.29) is 12.6 Å². The number of fused-ring (bicyclic) bond motifs is 1. The van der Waals surface area contributed by atoms with Gasteiger partial charge in [0.25, 0.3) is 0 Å². The fourth-order valence-corrected chi connectivity index (χ4v) is 3.28. The molecule has 0 saturated carbocycles. The van der Waals surface area contributed by atoms with Gasteiger partial charge in [-0.15, -0.1) is 10.2 Å². The average molecular weight is 349 g/mol. The van der Waals surface area contributed by atoms with E-state index >= 15 is 0 Å². The zero-order valence-corrected chi connectivity index (χ0v) is 14.0.